The third kappa shape index (κ3) is 4.21. The summed E-state index contributed by atoms with van der Waals surface area (Å²) in [5.41, 5.74) is 1.09. The SMILES string of the molecule is COC(=O)CN1C(=S)N(c2ccc(Cl)cc2)C(=O)/C1=C/c1cc(Cl)c(O)c(OC)c1. The number of hydrogen-bond acceptors (Lipinski definition) is 6. The minimum absolute atomic E-state index is 0.0447. The highest BCUT2D eigenvalue weighted by atomic mass is 35.5. The van der Waals surface area contributed by atoms with Gasteiger partial charge < -0.3 is 19.5 Å². The summed E-state index contributed by atoms with van der Waals surface area (Å²) in [6, 6.07) is 9.52. The van der Waals surface area contributed by atoms with E-state index in [9.17, 15) is 14.7 Å². The fraction of sp³-hybridized carbons (Fsp3) is 0.150. The second-order valence-electron chi connectivity index (χ2n) is 6.15. The molecule has 10 heteroatoms. The third-order valence-electron chi connectivity index (χ3n) is 4.31. The van der Waals surface area contributed by atoms with Crippen molar-refractivity contribution in [2.75, 3.05) is 25.7 Å². The van der Waals surface area contributed by atoms with Crippen molar-refractivity contribution in [3.8, 4) is 11.5 Å². The summed E-state index contributed by atoms with van der Waals surface area (Å²) >= 11 is 17.5. The maximum atomic E-state index is 13.2. The fourth-order valence-corrected chi connectivity index (χ4v) is 3.53. The van der Waals surface area contributed by atoms with Crippen molar-refractivity contribution in [3.05, 3.63) is 57.7 Å². The number of aromatic hydroxyl groups is 1. The van der Waals surface area contributed by atoms with Crippen LogP contribution in [0.2, 0.25) is 10.0 Å². The molecule has 0 unspecified atom stereocenters. The van der Waals surface area contributed by atoms with Gasteiger partial charge in [0.2, 0.25) is 0 Å². The lowest BCUT2D eigenvalue weighted by Gasteiger charge is -2.19. The van der Waals surface area contributed by atoms with E-state index in [1.54, 1.807) is 24.3 Å². The van der Waals surface area contributed by atoms with E-state index in [2.05, 4.69) is 0 Å². The number of thiocarbonyl (C=S) groups is 1. The van der Waals surface area contributed by atoms with E-state index in [4.69, 9.17) is 44.9 Å². The third-order valence-corrected chi connectivity index (χ3v) is 5.25. The van der Waals surface area contributed by atoms with Crippen molar-refractivity contribution in [1.82, 2.24) is 4.90 Å². The Labute approximate surface area is 188 Å². The van der Waals surface area contributed by atoms with E-state index in [1.807, 2.05) is 0 Å². The number of esters is 1. The Morgan fingerprint density at radius 1 is 1.20 bits per heavy atom. The zero-order chi connectivity index (χ0) is 22.0. The van der Waals surface area contributed by atoms with Gasteiger partial charge in [-0.2, -0.15) is 0 Å². The number of ether oxygens (including phenoxy) is 2. The van der Waals surface area contributed by atoms with Gasteiger partial charge >= 0.3 is 5.97 Å². The molecule has 1 saturated heterocycles. The van der Waals surface area contributed by atoms with Crippen LogP contribution in [0, 0.1) is 0 Å². The predicted molar refractivity (Wildman–Crippen MR) is 118 cm³/mol. The topological polar surface area (TPSA) is 79.3 Å². The van der Waals surface area contributed by atoms with Gasteiger partial charge in [0.25, 0.3) is 5.91 Å². The van der Waals surface area contributed by atoms with E-state index < -0.39 is 11.9 Å². The normalized spacial score (nSPS) is 15.1. The van der Waals surface area contributed by atoms with Crippen LogP contribution in [0.1, 0.15) is 5.56 Å². The van der Waals surface area contributed by atoms with Gasteiger partial charge in [0.1, 0.15) is 12.2 Å². The van der Waals surface area contributed by atoms with E-state index >= 15 is 0 Å². The molecular weight excluding hydrogens is 451 g/mol. The summed E-state index contributed by atoms with van der Waals surface area (Å²) in [5.74, 6) is -1.11. The quantitative estimate of drug-likeness (QED) is 0.407. The minimum Gasteiger partial charge on any atom is -0.503 e. The number of rotatable bonds is 5. The van der Waals surface area contributed by atoms with Crippen LogP contribution in [0.3, 0.4) is 0 Å². The lowest BCUT2D eigenvalue weighted by atomic mass is 10.1. The molecule has 3 rings (SSSR count). The Kier molecular flexibility index (Phi) is 6.50. The molecule has 156 valence electrons. The molecule has 1 aliphatic rings. The summed E-state index contributed by atoms with van der Waals surface area (Å²) < 4.78 is 9.84. The monoisotopic (exact) mass is 466 g/mol. The number of anilines is 1. The first kappa shape index (κ1) is 21.9. The van der Waals surface area contributed by atoms with Gasteiger partial charge in [-0.25, -0.2) is 0 Å². The lowest BCUT2D eigenvalue weighted by Crippen LogP contribution is -2.35. The van der Waals surface area contributed by atoms with Gasteiger partial charge in [0.05, 0.1) is 24.9 Å². The van der Waals surface area contributed by atoms with Gasteiger partial charge in [0.15, 0.2) is 16.6 Å². The summed E-state index contributed by atoms with van der Waals surface area (Å²) in [4.78, 5) is 27.8. The van der Waals surface area contributed by atoms with Gasteiger partial charge in [-0.3, -0.25) is 14.5 Å². The molecule has 7 nitrogen and oxygen atoms in total. The van der Waals surface area contributed by atoms with Gasteiger partial charge in [-0.05, 0) is 60.3 Å². The summed E-state index contributed by atoms with van der Waals surface area (Å²) in [5, 5.41) is 10.6. The predicted octanol–water partition coefficient (Wildman–Crippen LogP) is 3.86. The Balaban J connectivity index is 2.09. The number of methoxy groups -OCH3 is 2. The molecule has 1 fully saturated rings. The highest BCUT2D eigenvalue weighted by Gasteiger charge is 2.40. The van der Waals surface area contributed by atoms with Crippen molar-refractivity contribution in [2.24, 2.45) is 0 Å². The summed E-state index contributed by atoms with van der Waals surface area (Å²) in [7, 11) is 2.62. The van der Waals surface area contributed by atoms with Crippen LogP contribution in [0.4, 0.5) is 5.69 Å². The molecule has 0 aromatic heterocycles. The minimum atomic E-state index is -0.574. The molecule has 0 aliphatic carbocycles. The molecule has 2 aromatic rings. The van der Waals surface area contributed by atoms with Crippen LogP contribution in [-0.4, -0.2) is 47.8 Å². The van der Waals surface area contributed by atoms with Crippen LogP contribution in [0.25, 0.3) is 6.08 Å². The molecule has 1 amide bonds. The zero-order valence-corrected chi connectivity index (χ0v) is 18.2. The van der Waals surface area contributed by atoms with Crippen molar-refractivity contribution in [3.63, 3.8) is 0 Å². The van der Waals surface area contributed by atoms with E-state index in [1.165, 1.54) is 42.2 Å². The number of phenols is 1. The number of benzene rings is 2. The van der Waals surface area contributed by atoms with Crippen LogP contribution in [0.15, 0.2) is 42.1 Å². The highest BCUT2D eigenvalue weighted by Crippen LogP contribution is 2.37. The van der Waals surface area contributed by atoms with Crippen LogP contribution < -0.4 is 9.64 Å². The molecule has 1 N–H and O–H groups in total. The zero-order valence-electron chi connectivity index (χ0n) is 15.9. The maximum absolute atomic E-state index is 13.2. The van der Waals surface area contributed by atoms with Gasteiger partial charge in [-0.15, -0.1) is 0 Å². The fourth-order valence-electron chi connectivity index (χ4n) is 2.84. The molecule has 1 heterocycles. The lowest BCUT2D eigenvalue weighted by molar-refractivity contribution is -0.140. The van der Waals surface area contributed by atoms with Gasteiger partial charge in [-0.1, -0.05) is 23.2 Å². The van der Waals surface area contributed by atoms with Crippen molar-refractivity contribution < 1.29 is 24.2 Å². The number of carbonyl (C=O) groups excluding carboxylic acids is 2. The molecule has 0 spiro atoms. The van der Waals surface area contributed by atoms with Crippen molar-refractivity contribution >= 4 is 64.2 Å². The number of phenolic OH excluding ortho intramolecular Hbond substituents is 1. The first-order valence-corrected chi connectivity index (χ1v) is 9.69. The van der Waals surface area contributed by atoms with E-state index in [0.717, 1.165) is 0 Å². The standard InChI is InChI=1S/C20H16Cl2N2O5S/c1-28-16-9-11(7-14(22)18(16)26)8-15-19(27)24(13-5-3-12(21)4-6-13)20(30)23(15)10-17(25)29-2/h3-9,26H,10H2,1-2H3/b15-8-. The number of nitrogens with zero attached hydrogens (tertiary/aromatic N) is 2. The Morgan fingerprint density at radius 2 is 1.87 bits per heavy atom. The van der Waals surface area contributed by atoms with Crippen molar-refractivity contribution in [2.45, 2.75) is 0 Å². The Hall–Kier alpha value is -2.81. The average molecular weight is 467 g/mol. The number of hydrogen-bond donors (Lipinski definition) is 1. The molecular formula is C20H16Cl2N2O5S. The second kappa shape index (κ2) is 8.91. The smallest absolute Gasteiger partial charge is 0.325 e. The maximum Gasteiger partial charge on any atom is 0.325 e. The van der Waals surface area contributed by atoms with Crippen LogP contribution in [-0.2, 0) is 14.3 Å². The molecule has 1 aliphatic heterocycles. The Morgan fingerprint density at radius 3 is 2.47 bits per heavy atom. The molecule has 0 radical (unpaired) electrons. The number of amides is 1. The van der Waals surface area contributed by atoms with Crippen LogP contribution >= 0.6 is 35.4 Å². The molecule has 0 saturated carbocycles. The highest BCUT2D eigenvalue weighted by molar-refractivity contribution is 7.80. The Bertz CT molecular complexity index is 1060. The van der Waals surface area contributed by atoms with Crippen molar-refractivity contribution in [1.29, 1.82) is 0 Å². The number of halogens is 2. The number of carbonyl (C=O) groups is 2. The van der Waals surface area contributed by atoms with E-state index in [0.29, 0.717) is 16.3 Å². The summed E-state index contributed by atoms with van der Waals surface area (Å²) in [6.07, 6.45) is 1.50. The largest absolute Gasteiger partial charge is 0.503 e. The molecule has 2 aromatic carbocycles. The first-order chi connectivity index (χ1) is 14.3. The van der Waals surface area contributed by atoms with Gasteiger partial charge in [0, 0.05) is 5.02 Å². The molecule has 0 bridgehead atoms. The molecule has 0 atom stereocenters. The molecule has 30 heavy (non-hydrogen) atoms. The van der Waals surface area contributed by atoms with Crippen LogP contribution in [0.5, 0.6) is 11.5 Å². The average Bonchev–Trinajstić information content (AvgIpc) is 2.95. The second-order valence-corrected chi connectivity index (χ2v) is 7.35. The van der Waals surface area contributed by atoms with E-state index in [-0.39, 0.29) is 33.9 Å². The first-order valence-electron chi connectivity index (χ1n) is 8.53. The summed E-state index contributed by atoms with van der Waals surface area (Å²) in [6.45, 7) is -0.264.